The van der Waals surface area contributed by atoms with Crippen molar-refractivity contribution in [1.82, 2.24) is 25.9 Å². The molecule has 0 radical (unpaired) electrons. The molecule has 2 amide bonds. The number of rotatable bonds is 4. The van der Waals surface area contributed by atoms with Crippen LogP contribution < -0.4 is 32.5 Å². The lowest BCUT2D eigenvalue weighted by atomic mass is 9.95. The second-order valence-electron chi connectivity index (χ2n) is 7.13. The topological polar surface area (TPSA) is 140 Å². The van der Waals surface area contributed by atoms with Gasteiger partial charge in [-0.1, -0.05) is 32.5 Å². The molecule has 6 N–H and O–H groups in total. The second kappa shape index (κ2) is 7.89. The first-order chi connectivity index (χ1) is 13.2. The summed E-state index contributed by atoms with van der Waals surface area (Å²) in [6.45, 7) is 6.23. The molecule has 2 unspecified atom stereocenters. The lowest BCUT2D eigenvalue weighted by Crippen LogP contribution is -2.41. The minimum absolute atomic E-state index is 0.00827. The Balaban J connectivity index is 1.46. The van der Waals surface area contributed by atoms with E-state index < -0.39 is 22.8 Å². The van der Waals surface area contributed by atoms with Gasteiger partial charge in [0, 0.05) is 28.8 Å². The van der Waals surface area contributed by atoms with Gasteiger partial charge in [-0.15, -0.1) is 0 Å². The molecule has 2 aliphatic rings. The summed E-state index contributed by atoms with van der Waals surface area (Å²) >= 11 is 1.40. The Kier molecular flexibility index (Phi) is 5.54. The number of H-pyrrole nitrogens is 2. The molecule has 2 aliphatic heterocycles. The summed E-state index contributed by atoms with van der Waals surface area (Å²) < 4.78 is 5.83. The third kappa shape index (κ3) is 5.22. The zero-order chi connectivity index (χ0) is 20.3. The van der Waals surface area contributed by atoms with E-state index in [1.165, 1.54) is 11.8 Å². The summed E-state index contributed by atoms with van der Waals surface area (Å²) in [6.07, 6.45) is 7.19. The summed E-state index contributed by atoms with van der Waals surface area (Å²) in [5.41, 5.74) is -1.76. The van der Waals surface area contributed by atoms with Crippen LogP contribution in [0.3, 0.4) is 0 Å². The Bertz CT molecular complexity index is 927. The molecule has 3 heterocycles. The number of anilines is 1. The molecule has 0 bridgehead atoms. The van der Waals surface area contributed by atoms with Crippen molar-refractivity contribution in [2.75, 3.05) is 5.32 Å². The minimum atomic E-state index is -0.697. The fourth-order valence-corrected chi connectivity index (χ4v) is 3.23. The highest BCUT2D eigenvalue weighted by atomic mass is 32.2. The number of ether oxygens (including phenoxy) is 1. The average molecular weight is 406 g/mol. The first-order valence-electron chi connectivity index (χ1n) is 8.55. The van der Waals surface area contributed by atoms with Crippen LogP contribution in [0.25, 0.3) is 0 Å². The molecule has 11 heteroatoms. The van der Waals surface area contributed by atoms with Crippen molar-refractivity contribution in [3.8, 4) is 0 Å². The van der Waals surface area contributed by atoms with Crippen molar-refractivity contribution in [1.29, 1.82) is 0 Å². The molecular weight excluding hydrogens is 384 g/mol. The predicted octanol–water partition coefficient (Wildman–Crippen LogP) is 1.04. The van der Waals surface area contributed by atoms with E-state index in [0.717, 1.165) is 16.7 Å². The number of amides is 2. The van der Waals surface area contributed by atoms with Gasteiger partial charge < -0.3 is 20.7 Å². The number of nitrogens with one attached hydrogen (secondary N) is 6. The van der Waals surface area contributed by atoms with Crippen molar-refractivity contribution in [3.63, 3.8) is 0 Å². The molecule has 0 aliphatic carbocycles. The van der Waals surface area contributed by atoms with E-state index in [4.69, 9.17) is 4.74 Å². The molecule has 150 valence electrons. The molecular formula is C17H22N6O4S. The SMILES string of the molecule is CC(C)(C)C1=CNC(/C=C/C2=CNC(NC(=O)Nc3cc(=O)[nH]c(=O)[nH]3)S2)O1. The lowest BCUT2D eigenvalue weighted by Gasteiger charge is -2.20. The Hall–Kier alpha value is -3.08. The van der Waals surface area contributed by atoms with Crippen molar-refractivity contribution >= 4 is 23.6 Å². The van der Waals surface area contributed by atoms with Gasteiger partial charge in [0.05, 0.1) is 0 Å². The molecule has 0 saturated carbocycles. The maximum absolute atomic E-state index is 12.0. The van der Waals surface area contributed by atoms with Crippen LogP contribution >= 0.6 is 11.8 Å². The van der Waals surface area contributed by atoms with Gasteiger partial charge in [-0.2, -0.15) is 0 Å². The van der Waals surface area contributed by atoms with E-state index in [9.17, 15) is 14.4 Å². The maximum Gasteiger partial charge on any atom is 0.327 e. The van der Waals surface area contributed by atoms with Gasteiger partial charge in [-0.3, -0.25) is 20.1 Å². The van der Waals surface area contributed by atoms with Gasteiger partial charge in [-0.05, 0) is 12.2 Å². The van der Waals surface area contributed by atoms with Gasteiger partial charge in [0.2, 0.25) is 0 Å². The fraction of sp³-hybridized carbons (Fsp3) is 0.353. The third-order valence-electron chi connectivity index (χ3n) is 3.71. The van der Waals surface area contributed by atoms with Crippen LogP contribution in [0.4, 0.5) is 10.6 Å². The molecule has 0 spiro atoms. The summed E-state index contributed by atoms with van der Waals surface area (Å²) in [6, 6.07) is 0.515. The van der Waals surface area contributed by atoms with Crippen molar-refractivity contribution < 1.29 is 9.53 Å². The number of allylic oxidation sites excluding steroid dienone is 2. The zero-order valence-corrected chi connectivity index (χ0v) is 16.4. The molecule has 0 fully saturated rings. The van der Waals surface area contributed by atoms with Crippen LogP contribution in [0.5, 0.6) is 0 Å². The average Bonchev–Trinajstić information content (AvgIpc) is 3.20. The lowest BCUT2D eigenvalue weighted by molar-refractivity contribution is 0.123. The van der Waals surface area contributed by atoms with Gasteiger partial charge >= 0.3 is 11.7 Å². The van der Waals surface area contributed by atoms with Crippen molar-refractivity contribution in [2.24, 2.45) is 5.41 Å². The Morgan fingerprint density at radius 2 is 2.00 bits per heavy atom. The van der Waals surface area contributed by atoms with Crippen LogP contribution in [-0.2, 0) is 4.74 Å². The molecule has 1 aromatic heterocycles. The Morgan fingerprint density at radius 1 is 1.21 bits per heavy atom. The zero-order valence-electron chi connectivity index (χ0n) is 15.6. The van der Waals surface area contributed by atoms with E-state index in [2.05, 4.69) is 47.0 Å². The monoisotopic (exact) mass is 406 g/mol. The van der Waals surface area contributed by atoms with Gasteiger partial charge in [-0.25, -0.2) is 9.59 Å². The Labute approximate surface area is 164 Å². The minimum Gasteiger partial charge on any atom is -0.469 e. The highest BCUT2D eigenvalue weighted by molar-refractivity contribution is 8.04. The highest BCUT2D eigenvalue weighted by Crippen LogP contribution is 2.30. The molecule has 1 aromatic rings. The standard InChI is InChI=1S/C17H22N6O4S/c1-17(2,3)10-8-18-13(27-10)5-4-9-7-19-16(28-9)23-15(26)21-11-6-12(24)22-14(25)20-11/h4-8,13,16,18-19H,1-3H3,(H4,20,21,22,23,24,25,26)/b5-4+. The fourth-order valence-electron chi connectivity index (χ4n) is 2.37. The van der Waals surface area contributed by atoms with Crippen LogP contribution in [0, 0.1) is 5.41 Å². The Morgan fingerprint density at radius 3 is 2.68 bits per heavy atom. The third-order valence-corrected chi connectivity index (χ3v) is 4.72. The molecule has 0 aromatic carbocycles. The van der Waals surface area contributed by atoms with E-state index >= 15 is 0 Å². The van der Waals surface area contributed by atoms with E-state index in [1.807, 2.05) is 23.3 Å². The van der Waals surface area contributed by atoms with Crippen LogP contribution in [0.2, 0.25) is 0 Å². The van der Waals surface area contributed by atoms with E-state index in [0.29, 0.717) is 0 Å². The maximum atomic E-state index is 12.0. The molecule has 28 heavy (non-hydrogen) atoms. The summed E-state index contributed by atoms with van der Waals surface area (Å²) in [4.78, 5) is 39.7. The smallest absolute Gasteiger partial charge is 0.327 e. The number of aromatic amines is 2. The van der Waals surface area contributed by atoms with Crippen LogP contribution in [0.1, 0.15) is 20.8 Å². The molecule has 2 atom stereocenters. The number of hydrogen-bond acceptors (Lipinski definition) is 7. The summed E-state index contributed by atoms with van der Waals surface area (Å²) in [5.74, 6) is 0.899. The first kappa shape index (κ1) is 19.7. The van der Waals surface area contributed by atoms with E-state index in [-0.39, 0.29) is 17.5 Å². The van der Waals surface area contributed by atoms with Crippen molar-refractivity contribution in [2.45, 2.75) is 32.5 Å². The number of carbonyl (C=O) groups excluding carboxylic acids is 1. The molecule has 0 saturated heterocycles. The number of carbonyl (C=O) groups is 1. The second-order valence-corrected chi connectivity index (χ2v) is 8.31. The van der Waals surface area contributed by atoms with Gasteiger partial charge in [0.1, 0.15) is 11.6 Å². The summed E-state index contributed by atoms with van der Waals surface area (Å²) in [7, 11) is 0. The van der Waals surface area contributed by atoms with Crippen molar-refractivity contribution in [3.05, 3.63) is 62.1 Å². The highest BCUT2D eigenvalue weighted by Gasteiger charge is 2.26. The van der Waals surface area contributed by atoms with E-state index in [1.54, 1.807) is 6.20 Å². The number of urea groups is 1. The summed E-state index contributed by atoms with van der Waals surface area (Å²) in [5, 5.41) is 11.2. The largest absolute Gasteiger partial charge is 0.469 e. The predicted molar refractivity (Wildman–Crippen MR) is 107 cm³/mol. The quantitative estimate of drug-likeness (QED) is 0.439. The van der Waals surface area contributed by atoms with Gasteiger partial charge in [0.15, 0.2) is 11.7 Å². The number of aromatic nitrogens is 2. The molecule has 3 rings (SSSR count). The van der Waals surface area contributed by atoms with Crippen LogP contribution in [0.15, 0.2) is 50.9 Å². The van der Waals surface area contributed by atoms with Gasteiger partial charge in [0.25, 0.3) is 5.56 Å². The number of thioether (sulfide) groups is 1. The number of hydrogen-bond donors (Lipinski definition) is 6. The van der Waals surface area contributed by atoms with Crippen LogP contribution in [-0.4, -0.2) is 27.7 Å². The molecule has 10 nitrogen and oxygen atoms in total. The normalized spacial score (nSPS) is 21.4. The first-order valence-corrected chi connectivity index (χ1v) is 9.43.